The van der Waals surface area contributed by atoms with Crippen molar-refractivity contribution in [3.05, 3.63) is 18.0 Å². The first kappa shape index (κ1) is 13.2. The van der Waals surface area contributed by atoms with Gasteiger partial charge >= 0.3 is 0 Å². The highest BCUT2D eigenvalue weighted by Crippen LogP contribution is 2.21. The van der Waals surface area contributed by atoms with Crippen LogP contribution in [0.1, 0.15) is 38.8 Å². The van der Waals surface area contributed by atoms with Crippen LogP contribution < -0.4 is 5.73 Å². The van der Waals surface area contributed by atoms with Gasteiger partial charge in [0.2, 0.25) is 0 Å². The Labute approximate surface area is 97.8 Å². The highest BCUT2D eigenvalue weighted by atomic mass is 16.5. The van der Waals surface area contributed by atoms with Crippen LogP contribution in [0, 0.1) is 5.92 Å². The predicted octanol–water partition coefficient (Wildman–Crippen LogP) is 1.96. The van der Waals surface area contributed by atoms with E-state index in [-0.39, 0.29) is 12.1 Å². The SMILES string of the molecule is CCCn1cc(C(N)C(OC)C(C)C)cn1. The Bertz CT molecular complexity index is 309. The molecule has 1 aromatic rings. The van der Waals surface area contributed by atoms with Gasteiger partial charge in [0, 0.05) is 25.4 Å². The van der Waals surface area contributed by atoms with E-state index in [4.69, 9.17) is 10.5 Å². The van der Waals surface area contributed by atoms with Gasteiger partial charge in [-0.15, -0.1) is 0 Å². The molecule has 2 N–H and O–H groups in total. The summed E-state index contributed by atoms with van der Waals surface area (Å²) in [5.74, 6) is 0.398. The minimum atomic E-state index is -0.101. The lowest BCUT2D eigenvalue weighted by Crippen LogP contribution is -2.32. The van der Waals surface area contributed by atoms with Crippen molar-refractivity contribution < 1.29 is 4.74 Å². The lowest BCUT2D eigenvalue weighted by molar-refractivity contribution is 0.0437. The molecule has 1 heterocycles. The molecule has 0 aromatic carbocycles. The maximum absolute atomic E-state index is 6.18. The normalized spacial score (nSPS) is 15.4. The maximum atomic E-state index is 6.18. The van der Waals surface area contributed by atoms with Gasteiger partial charge in [0.05, 0.1) is 18.3 Å². The number of nitrogens with two attached hydrogens (primary N) is 1. The highest BCUT2D eigenvalue weighted by molar-refractivity contribution is 5.12. The summed E-state index contributed by atoms with van der Waals surface area (Å²) in [6, 6.07) is -0.101. The largest absolute Gasteiger partial charge is 0.379 e. The van der Waals surface area contributed by atoms with Crippen molar-refractivity contribution in [2.45, 2.75) is 45.9 Å². The lowest BCUT2D eigenvalue weighted by Gasteiger charge is -2.25. The van der Waals surface area contributed by atoms with Crippen LogP contribution in [-0.2, 0) is 11.3 Å². The van der Waals surface area contributed by atoms with Gasteiger partial charge in [-0.3, -0.25) is 4.68 Å². The van der Waals surface area contributed by atoms with E-state index in [0.29, 0.717) is 5.92 Å². The first-order chi connectivity index (χ1) is 7.60. The first-order valence-corrected chi connectivity index (χ1v) is 5.90. The van der Waals surface area contributed by atoms with Gasteiger partial charge in [0.1, 0.15) is 0 Å². The summed E-state index contributed by atoms with van der Waals surface area (Å²) in [5, 5.41) is 4.28. The molecule has 4 nitrogen and oxygen atoms in total. The van der Waals surface area contributed by atoms with Crippen molar-refractivity contribution in [3.63, 3.8) is 0 Å². The van der Waals surface area contributed by atoms with Crippen LogP contribution in [0.15, 0.2) is 12.4 Å². The van der Waals surface area contributed by atoms with E-state index in [1.807, 2.05) is 17.1 Å². The number of methoxy groups -OCH3 is 1. The summed E-state index contributed by atoms with van der Waals surface area (Å²) in [7, 11) is 1.71. The lowest BCUT2D eigenvalue weighted by atomic mass is 9.96. The molecule has 0 radical (unpaired) electrons. The second-order valence-corrected chi connectivity index (χ2v) is 4.51. The summed E-state index contributed by atoms with van der Waals surface area (Å²) in [6.45, 7) is 7.30. The van der Waals surface area contributed by atoms with Crippen LogP contribution in [-0.4, -0.2) is 23.0 Å². The third-order valence-corrected chi connectivity index (χ3v) is 2.77. The molecule has 4 heteroatoms. The van der Waals surface area contributed by atoms with Gasteiger partial charge in [-0.25, -0.2) is 0 Å². The molecular weight excluding hydrogens is 202 g/mol. The number of aromatic nitrogens is 2. The topological polar surface area (TPSA) is 53.1 Å². The van der Waals surface area contributed by atoms with Crippen LogP contribution in [0.5, 0.6) is 0 Å². The fourth-order valence-corrected chi connectivity index (χ4v) is 1.93. The monoisotopic (exact) mass is 225 g/mol. The average Bonchev–Trinajstić information content (AvgIpc) is 2.67. The Balaban J connectivity index is 2.74. The van der Waals surface area contributed by atoms with Crippen molar-refractivity contribution in [2.75, 3.05) is 7.11 Å². The van der Waals surface area contributed by atoms with E-state index in [1.165, 1.54) is 0 Å². The fourth-order valence-electron chi connectivity index (χ4n) is 1.93. The zero-order chi connectivity index (χ0) is 12.1. The average molecular weight is 225 g/mol. The van der Waals surface area contributed by atoms with Crippen molar-refractivity contribution in [2.24, 2.45) is 11.7 Å². The molecule has 0 saturated carbocycles. The van der Waals surface area contributed by atoms with Crippen LogP contribution in [0.25, 0.3) is 0 Å². The van der Waals surface area contributed by atoms with E-state index < -0.39 is 0 Å². The number of hydrogen-bond acceptors (Lipinski definition) is 3. The Morgan fingerprint density at radius 3 is 2.69 bits per heavy atom. The molecule has 1 rings (SSSR count). The summed E-state index contributed by atoms with van der Waals surface area (Å²) in [4.78, 5) is 0. The molecule has 0 saturated heterocycles. The molecule has 0 aliphatic rings. The standard InChI is InChI=1S/C12H23N3O/c1-5-6-15-8-10(7-14-15)11(13)12(16-4)9(2)3/h7-9,11-12H,5-6,13H2,1-4H3. The summed E-state index contributed by atoms with van der Waals surface area (Å²) < 4.78 is 7.37. The minimum Gasteiger partial charge on any atom is -0.379 e. The van der Waals surface area contributed by atoms with Crippen LogP contribution >= 0.6 is 0 Å². The van der Waals surface area contributed by atoms with Gasteiger partial charge in [-0.2, -0.15) is 5.10 Å². The quantitative estimate of drug-likeness (QED) is 0.805. The number of ether oxygens (including phenoxy) is 1. The van der Waals surface area contributed by atoms with Crippen molar-refractivity contribution in [1.82, 2.24) is 9.78 Å². The summed E-state index contributed by atoms with van der Waals surface area (Å²) >= 11 is 0. The molecular formula is C12H23N3O. The summed E-state index contributed by atoms with van der Waals surface area (Å²) in [6.07, 6.45) is 4.98. The maximum Gasteiger partial charge on any atom is 0.0787 e. The zero-order valence-electron chi connectivity index (χ0n) is 10.7. The van der Waals surface area contributed by atoms with E-state index in [1.54, 1.807) is 7.11 Å². The van der Waals surface area contributed by atoms with Gasteiger partial charge in [0.25, 0.3) is 0 Å². The zero-order valence-corrected chi connectivity index (χ0v) is 10.7. The molecule has 0 fully saturated rings. The van der Waals surface area contributed by atoms with E-state index in [2.05, 4.69) is 25.9 Å². The molecule has 0 amide bonds. The van der Waals surface area contributed by atoms with Crippen LogP contribution in [0.4, 0.5) is 0 Å². The molecule has 1 aromatic heterocycles. The summed E-state index contributed by atoms with van der Waals surface area (Å²) in [5.41, 5.74) is 7.23. The molecule has 0 spiro atoms. The van der Waals surface area contributed by atoms with Gasteiger partial charge in [0.15, 0.2) is 0 Å². The smallest absolute Gasteiger partial charge is 0.0787 e. The van der Waals surface area contributed by atoms with Crippen LogP contribution in [0.3, 0.4) is 0 Å². The molecule has 16 heavy (non-hydrogen) atoms. The van der Waals surface area contributed by atoms with Crippen molar-refractivity contribution in [3.8, 4) is 0 Å². The second-order valence-electron chi connectivity index (χ2n) is 4.51. The Kier molecular flexibility index (Phi) is 4.96. The number of nitrogens with zero attached hydrogens (tertiary/aromatic N) is 2. The molecule has 92 valence electrons. The molecule has 2 unspecified atom stereocenters. The van der Waals surface area contributed by atoms with E-state index >= 15 is 0 Å². The first-order valence-electron chi connectivity index (χ1n) is 5.90. The van der Waals surface area contributed by atoms with Gasteiger partial charge < -0.3 is 10.5 Å². The Morgan fingerprint density at radius 1 is 1.50 bits per heavy atom. The van der Waals surface area contributed by atoms with Gasteiger partial charge in [-0.1, -0.05) is 20.8 Å². The Hall–Kier alpha value is -0.870. The second kappa shape index (κ2) is 6.01. The van der Waals surface area contributed by atoms with E-state index in [9.17, 15) is 0 Å². The fraction of sp³-hybridized carbons (Fsp3) is 0.750. The van der Waals surface area contributed by atoms with Crippen LogP contribution in [0.2, 0.25) is 0 Å². The van der Waals surface area contributed by atoms with Gasteiger partial charge in [-0.05, 0) is 12.3 Å². The number of rotatable bonds is 6. The minimum absolute atomic E-state index is 0.0410. The molecule has 2 atom stereocenters. The molecule has 0 aliphatic heterocycles. The Morgan fingerprint density at radius 2 is 2.19 bits per heavy atom. The third-order valence-electron chi connectivity index (χ3n) is 2.77. The van der Waals surface area contributed by atoms with Crippen molar-refractivity contribution in [1.29, 1.82) is 0 Å². The predicted molar refractivity (Wildman–Crippen MR) is 65.1 cm³/mol. The molecule has 0 bridgehead atoms. The number of aryl methyl sites for hydroxylation is 1. The molecule has 0 aliphatic carbocycles. The highest BCUT2D eigenvalue weighted by Gasteiger charge is 2.23. The van der Waals surface area contributed by atoms with Crippen molar-refractivity contribution >= 4 is 0 Å². The van der Waals surface area contributed by atoms with E-state index in [0.717, 1.165) is 18.5 Å². The third kappa shape index (κ3) is 3.06. The number of hydrogen-bond donors (Lipinski definition) is 1.